The van der Waals surface area contributed by atoms with Crippen LogP contribution in [0.25, 0.3) is 0 Å². The zero-order valence-corrected chi connectivity index (χ0v) is 12.8. The van der Waals surface area contributed by atoms with Gasteiger partial charge in [-0.25, -0.2) is 4.79 Å². The minimum Gasteiger partial charge on any atom is -0.393 e. The highest BCUT2D eigenvalue weighted by Crippen LogP contribution is 2.44. The summed E-state index contributed by atoms with van der Waals surface area (Å²) in [5, 5.41) is 30.3. The van der Waals surface area contributed by atoms with Crippen molar-refractivity contribution in [1.82, 2.24) is 21.3 Å². The van der Waals surface area contributed by atoms with E-state index in [4.69, 9.17) is 5.11 Å². The first-order chi connectivity index (χ1) is 10.0. The second-order valence-electron chi connectivity index (χ2n) is 4.90. The summed E-state index contributed by atoms with van der Waals surface area (Å²) in [5.41, 5.74) is 0. The molecule has 21 heavy (non-hydrogen) atoms. The zero-order chi connectivity index (χ0) is 15.1. The van der Waals surface area contributed by atoms with Crippen LogP contribution in [0.4, 0.5) is 4.79 Å². The van der Waals surface area contributed by atoms with Gasteiger partial charge in [-0.3, -0.25) is 20.7 Å². The van der Waals surface area contributed by atoms with Gasteiger partial charge in [0.05, 0.1) is 18.0 Å². The van der Waals surface area contributed by atoms with Crippen LogP contribution in [-0.4, -0.2) is 64.7 Å². The summed E-state index contributed by atoms with van der Waals surface area (Å²) in [6.45, 7) is -0.351. The van der Waals surface area contributed by atoms with Gasteiger partial charge >= 0.3 is 6.03 Å². The number of nitrogens with one attached hydrogen (secondary N) is 4. The number of thioether (sulfide) groups is 2. The molecular weight excluding hydrogens is 316 g/mol. The first-order valence-electron chi connectivity index (χ1n) is 6.42. The molecule has 0 bridgehead atoms. The number of aliphatic hydroxyl groups is 2. The molecule has 0 aromatic rings. The molecule has 8 nitrogen and oxygen atoms in total. The van der Waals surface area contributed by atoms with Gasteiger partial charge in [-0.2, -0.15) is 0 Å². The molecule has 2 fully saturated rings. The van der Waals surface area contributed by atoms with Gasteiger partial charge in [-0.1, -0.05) is 0 Å². The van der Waals surface area contributed by atoms with Gasteiger partial charge in [0.1, 0.15) is 18.3 Å². The molecule has 5 unspecified atom stereocenters. The van der Waals surface area contributed by atoms with E-state index in [0.29, 0.717) is 4.91 Å². The zero-order valence-electron chi connectivity index (χ0n) is 11.1. The molecule has 3 aliphatic heterocycles. The monoisotopic (exact) mass is 332 g/mol. The Hall–Kier alpha value is -0.780. The van der Waals surface area contributed by atoms with Crippen LogP contribution in [0.2, 0.25) is 0 Å². The van der Waals surface area contributed by atoms with E-state index >= 15 is 0 Å². The maximum absolute atomic E-state index is 11.9. The second-order valence-corrected chi connectivity index (χ2v) is 6.93. The highest BCUT2D eigenvalue weighted by Gasteiger charge is 2.48. The average Bonchev–Trinajstić information content (AvgIpc) is 2.81. The number of amides is 3. The van der Waals surface area contributed by atoms with Crippen LogP contribution in [0.3, 0.4) is 0 Å². The largest absolute Gasteiger partial charge is 0.393 e. The van der Waals surface area contributed by atoms with Gasteiger partial charge < -0.3 is 15.5 Å². The smallest absolute Gasteiger partial charge is 0.322 e. The molecule has 0 aromatic carbocycles. The summed E-state index contributed by atoms with van der Waals surface area (Å²) < 4.78 is 0. The normalized spacial score (nSPS) is 36.7. The minimum atomic E-state index is -0.933. The van der Waals surface area contributed by atoms with Crippen molar-refractivity contribution in [3.8, 4) is 0 Å². The van der Waals surface area contributed by atoms with Crippen molar-refractivity contribution < 1.29 is 19.8 Å². The lowest BCUT2D eigenvalue weighted by Gasteiger charge is -2.42. The van der Waals surface area contributed by atoms with Crippen molar-refractivity contribution in [2.45, 2.75) is 29.7 Å². The number of rotatable bonds is 3. The van der Waals surface area contributed by atoms with Crippen LogP contribution in [0.5, 0.6) is 0 Å². The maximum Gasteiger partial charge on any atom is 0.322 e. The molecular formula is C11H16N4O4S2. The van der Waals surface area contributed by atoms with Crippen LogP contribution >= 0.6 is 23.5 Å². The Balaban J connectivity index is 1.84. The van der Waals surface area contributed by atoms with Gasteiger partial charge in [0.2, 0.25) is 5.91 Å². The summed E-state index contributed by atoms with van der Waals surface area (Å²) in [4.78, 5) is 24.9. The summed E-state index contributed by atoms with van der Waals surface area (Å²) in [6.07, 6.45) is 0.463. The standard InChI is InChI=1S/C11H16N4O4S2/c1-20-7-4-10(21-6(7)3(17)2-16)13-8-5(12-4)9(18)15-11(19)14-8/h3-5,8,10,12-13,16-17H,2H2,1H3,(H2,14,15,18,19). The SMILES string of the molecule is CSC1=C(C(O)CO)SC2NC3NC(=O)NC(=O)C3NC12. The Bertz CT molecular complexity index is 514. The van der Waals surface area contributed by atoms with Gasteiger partial charge in [0.15, 0.2) is 0 Å². The molecule has 0 aromatic heterocycles. The van der Waals surface area contributed by atoms with E-state index in [2.05, 4.69) is 21.3 Å². The summed E-state index contributed by atoms with van der Waals surface area (Å²) in [5.74, 6) is -0.378. The fourth-order valence-corrected chi connectivity index (χ4v) is 5.27. The third-order valence-electron chi connectivity index (χ3n) is 3.62. The molecule has 3 rings (SSSR count). The van der Waals surface area contributed by atoms with E-state index in [1.54, 1.807) is 0 Å². The van der Waals surface area contributed by atoms with Crippen molar-refractivity contribution in [2.75, 3.05) is 12.9 Å². The molecule has 0 aliphatic carbocycles. The van der Waals surface area contributed by atoms with Crippen LogP contribution < -0.4 is 21.3 Å². The first kappa shape index (κ1) is 15.1. The van der Waals surface area contributed by atoms with Crippen LogP contribution in [0.1, 0.15) is 0 Å². The molecule has 3 heterocycles. The lowest BCUT2D eigenvalue weighted by Crippen LogP contribution is -2.76. The highest BCUT2D eigenvalue weighted by molar-refractivity contribution is 8.07. The lowest BCUT2D eigenvalue weighted by atomic mass is 10.0. The molecule has 116 valence electrons. The van der Waals surface area contributed by atoms with E-state index in [1.807, 2.05) is 6.26 Å². The summed E-state index contributed by atoms with van der Waals surface area (Å²) in [7, 11) is 0. The van der Waals surface area contributed by atoms with Crippen molar-refractivity contribution >= 4 is 35.5 Å². The fraction of sp³-hybridized carbons (Fsp3) is 0.636. The van der Waals surface area contributed by atoms with Crippen molar-refractivity contribution in [2.24, 2.45) is 0 Å². The lowest BCUT2D eigenvalue weighted by molar-refractivity contribution is -0.124. The Morgan fingerprint density at radius 3 is 2.76 bits per heavy atom. The number of fused-ring (bicyclic) bond motifs is 2. The van der Waals surface area contributed by atoms with Crippen LogP contribution in [-0.2, 0) is 4.79 Å². The van der Waals surface area contributed by atoms with Gasteiger partial charge in [0.25, 0.3) is 0 Å². The topological polar surface area (TPSA) is 123 Å². The number of imide groups is 1. The van der Waals surface area contributed by atoms with Crippen LogP contribution in [0.15, 0.2) is 9.81 Å². The summed E-state index contributed by atoms with van der Waals surface area (Å²) in [6, 6.07) is -1.24. The van der Waals surface area contributed by atoms with Crippen LogP contribution in [0, 0.1) is 0 Å². The van der Waals surface area contributed by atoms with Crippen molar-refractivity contribution in [3.05, 3.63) is 9.81 Å². The molecule has 10 heteroatoms. The Morgan fingerprint density at radius 1 is 1.33 bits per heavy atom. The predicted molar refractivity (Wildman–Crippen MR) is 79.3 cm³/mol. The molecule has 3 amide bonds. The average molecular weight is 332 g/mol. The van der Waals surface area contributed by atoms with E-state index in [-0.39, 0.29) is 23.9 Å². The van der Waals surface area contributed by atoms with E-state index in [1.165, 1.54) is 23.5 Å². The van der Waals surface area contributed by atoms with E-state index in [0.717, 1.165) is 4.91 Å². The van der Waals surface area contributed by atoms with E-state index in [9.17, 15) is 14.7 Å². The fourth-order valence-electron chi connectivity index (χ4n) is 2.68. The Morgan fingerprint density at radius 2 is 2.10 bits per heavy atom. The number of hydrogen-bond acceptors (Lipinski definition) is 8. The molecule has 0 radical (unpaired) electrons. The number of hydrogen-bond donors (Lipinski definition) is 6. The third kappa shape index (κ3) is 2.56. The van der Waals surface area contributed by atoms with Gasteiger partial charge in [-0.15, -0.1) is 23.5 Å². The molecule has 0 saturated carbocycles. The minimum absolute atomic E-state index is 0.115. The number of piperazine rings is 1. The third-order valence-corrected chi connectivity index (χ3v) is 6.07. The van der Waals surface area contributed by atoms with Crippen molar-refractivity contribution in [3.63, 3.8) is 0 Å². The Labute approximate surface area is 129 Å². The number of urea groups is 1. The Kier molecular flexibility index (Phi) is 4.17. The first-order valence-corrected chi connectivity index (χ1v) is 8.52. The van der Waals surface area contributed by atoms with E-state index < -0.39 is 24.3 Å². The maximum atomic E-state index is 11.9. The quantitative estimate of drug-likeness (QED) is 0.354. The molecule has 3 aliphatic rings. The van der Waals surface area contributed by atoms with Gasteiger partial charge in [-0.05, 0) is 6.26 Å². The molecule has 5 atom stereocenters. The second kappa shape index (κ2) is 5.78. The number of carbonyl (C=O) groups excluding carboxylic acids is 2. The van der Waals surface area contributed by atoms with Gasteiger partial charge in [0, 0.05) is 9.81 Å². The number of carbonyl (C=O) groups is 2. The summed E-state index contributed by atoms with van der Waals surface area (Å²) >= 11 is 2.89. The molecule has 2 saturated heterocycles. The predicted octanol–water partition coefficient (Wildman–Crippen LogP) is -1.92. The molecule has 0 spiro atoms. The van der Waals surface area contributed by atoms with Crippen molar-refractivity contribution in [1.29, 1.82) is 0 Å². The molecule has 6 N–H and O–H groups in total. The highest BCUT2D eigenvalue weighted by atomic mass is 32.2. The number of aliphatic hydroxyl groups excluding tert-OH is 2.